The number of esters is 4. The molecule has 4 rings (SSSR count). The van der Waals surface area contributed by atoms with E-state index in [0.29, 0.717) is 11.1 Å². The van der Waals surface area contributed by atoms with E-state index in [2.05, 4.69) is 4.98 Å². The molecule has 0 amide bonds. The lowest BCUT2D eigenvalue weighted by Crippen LogP contribution is -2.55. The summed E-state index contributed by atoms with van der Waals surface area (Å²) in [5.41, 5.74) is -1.46. The maximum Gasteiger partial charge on any atom is 0.340 e. The third kappa shape index (κ3) is 8.04. The average Bonchev–Trinajstić information content (AvgIpc) is 3.27. The minimum Gasteiger partial charge on any atom is -0.458 e. The van der Waals surface area contributed by atoms with Crippen molar-refractivity contribution >= 4 is 29.7 Å². The summed E-state index contributed by atoms with van der Waals surface area (Å²) in [4.78, 5) is 70.0. The molecule has 0 saturated heterocycles. The fourth-order valence-electron chi connectivity index (χ4n) is 6.54. The van der Waals surface area contributed by atoms with Crippen LogP contribution in [0.15, 0.2) is 78.7 Å². The number of pyridine rings is 1. The highest BCUT2D eigenvalue weighted by atomic mass is 16.6. The smallest absolute Gasteiger partial charge is 0.340 e. The maximum atomic E-state index is 13.7. The van der Waals surface area contributed by atoms with Crippen LogP contribution in [0.4, 0.5) is 0 Å². The quantitative estimate of drug-likeness (QED) is 0.214. The number of fused-ring (bicyclic) bond motifs is 1. The first-order valence-corrected chi connectivity index (χ1v) is 15.8. The molecule has 2 aliphatic carbocycles. The lowest BCUT2D eigenvalue weighted by Gasteiger charge is -2.43. The summed E-state index contributed by atoms with van der Waals surface area (Å²) >= 11 is 0. The zero-order valence-corrected chi connectivity index (χ0v) is 27.9. The zero-order valence-electron chi connectivity index (χ0n) is 27.9. The van der Waals surface area contributed by atoms with Crippen LogP contribution >= 0.6 is 0 Å². The van der Waals surface area contributed by atoms with E-state index in [4.69, 9.17) is 18.9 Å². The number of ether oxygens (including phenoxy) is 4. The molecule has 2 aliphatic rings. The monoisotopic (exact) mass is 645 g/mol. The van der Waals surface area contributed by atoms with Crippen molar-refractivity contribution in [3.8, 4) is 0 Å². The van der Waals surface area contributed by atoms with E-state index in [1.807, 2.05) is 13.8 Å². The third-order valence-corrected chi connectivity index (χ3v) is 8.96. The molecule has 0 bridgehead atoms. The second-order valence-corrected chi connectivity index (χ2v) is 13.1. The standard InChI is InChI=1S/C37H43NO9/c1-22-15-16-36(6,7)31(41)19-30(45-35(43)28-14-11-17-38-21-28)23(2)18-29-32(46-34(42)27-12-9-8-10-13-27)24(3)20-37(29,47-26(5)40)33(22)44-25(4)39/h8-18,21-22,24,29-30,32-33H,19-20H2,1-7H3/t22-,24-,29+,30-,32+,33-,37-/m1/s1. The van der Waals surface area contributed by atoms with Gasteiger partial charge in [0.1, 0.15) is 24.1 Å². The number of rotatable bonds is 6. The van der Waals surface area contributed by atoms with Crippen LogP contribution in [-0.2, 0) is 33.3 Å². The highest BCUT2D eigenvalue weighted by Gasteiger charge is 2.62. The van der Waals surface area contributed by atoms with Gasteiger partial charge < -0.3 is 18.9 Å². The van der Waals surface area contributed by atoms with Gasteiger partial charge in [-0.1, -0.05) is 50.3 Å². The van der Waals surface area contributed by atoms with Gasteiger partial charge in [-0.15, -0.1) is 0 Å². The Balaban J connectivity index is 1.92. The van der Waals surface area contributed by atoms with Crippen LogP contribution in [0.5, 0.6) is 0 Å². The molecule has 10 heteroatoms. The first kappa shape index (κ1) is 35.3. The molecule has 10 nitrogen and oxygen atoms in total. The van der Waals surface area contributed by atoms with Crippen LogP contribution < -0.4 is 0 Å². The molecular formula is C37H43NO9. The molecule has 1 aromatic heterocycles. The van der Waals surface area contributed by atoms with Crippen molar-refractivity contribution in [1.82, 2.24) is 4.98 Å². The maximum absolute atomic E-state index is 13.7. The van der Waals surface area contributed by atoms with Gasteiger partial charge in [0.2, 0.25) is 0 Å². The van der Waals surface area contributed by atoms with Gasteiger partial charge in [-0.2, -0.15) is 0 Å². The molecule has 0 aliphatic heterocycles. The van der Waals surface area contributed by atoms with Crippen LogP contribution in [-0.4, -0.2) is 58.6 Å². The van der Waals surface area contributed by atoms with E-state index in [1.54, 1.807) is 81.5 Å². The minimum atomic E-state index is -1.49. The van der Waals surface area contributed by atoms with Gasteiger partial charge in [-0.05, 0) is 62.9 Å². The summed E-state index contributed by atoms with van der Waals surface area (Å²) in [5.74, 6) is -4.42. The van der Waals surface area contributed by atoms with E-state index in [1.165, 1.54) is 26.2 Å². The highest BCUT2D eigenvalue weighted by Crippen LogP contribution is 2.51. The first-order chi connectivity index (χ1) is 22.1. The van der Waals surface area contributed by atoms with Gasteiger partial charge in [0.25, 0.3) is 0 Å². The SMILES string of the molecule is CC(=O)O[C@@H]1[C@H](C)C=CC(C)(C)C(=O)C[C@@H](OC(=O)c2cccnc2)C(C)=C[C@H]2[C@@H](OC(=O)c3ccccc3)[C@H](C)C[C@]12OC(C)=O. The molecule has 1 fully saturated rings. The number of carbonyl (C=O) groups excluding carboxylic acids is 5. The Morgan fingerprint density at radius 2 is 1.53 bits per heavy atom. The molecule has 0 spiro atoms. The van der Waals surface area contributed by atoms with Crippen molar-refractivity contribution in [3.05, 3.63) is 89.8 Å². The number of benzene rings is 1. The lowest BCUT2D eigenvalue weighted by atomic mass is 9.75. The Bertz CT molecular complexity index is 1550. The Morgan fingerprint density at radius 3 is 2.15 bits per heavy atom. The number of allylic oxidation sites excluding steroid dienone is 1. The van der Waals surface area contributed by atoms with Crippen LogP contribution in [0.3, 0.4) is 0 Å². The molecule has 0 unspecified atom stereocenters. The largest absolute Gasteiger partial charge is 0.458 e. The van der Waals surface area contributed by atoms with E-state index in [-0.39, 0.29) is 30.1 Å². The number of Topliss-reactive ketones (excluding diaryl/α,β-unsaturated/α-hetero) is 1. The average molecular weight is 646 g/mol. The molecule has 47 heavy (non-hydrogen) atoms. The molecule has 2 aromatic rings. The molecular weight excluding hydrogens is 602 g/mol. The topological polar surface area (TPSA) is 135 Å². The van der Waals surface area contributed by atoms with E-state index < -0.39 is 65.0 Å². The van der Waals surface area contributed by atoms with Crippen molar-refractivity contribution in [3.63, 3.8) is 0 Å². The van der Waals surface area contributed by atoms with Gasteiger partial charge in [0, 0.05) is 44.0 Å². The molecule has 0 N–H and O–H groups in total. The van der Waals surface area contributed by atoms with Crippen molar-refractivity contribution in [2.45, 2.75) is 85.2 Å². The minimum absolute atomic E-state index is 0.148. The van der Waals surface area contributed by atoms with E-state index in [0.717, 1.165) is 0 Å². The summed E-state index contributed by atoms with van der Waals surface area (Å²) < 4.78 is 24.3. The summed E-state index contributed by atoms with van der Waals surface area (Å²) in [5, 5.41) is 0. The molecule has 1 aromatic carbocycles. The lowest BCUT2D eigenvalue weighted by molar-refractivity contribution is -0.195. The van der Waals surface area contributed by atoms with Crippen molar-refractivity contribution in [1.29, 1.82) is 0 Å². The third-order valence-electron chi connectivity index (χ3n) is 8.96. The zero-order chi connectivity index (χ0) is 34.5. The van der Waals surface area contributed by atoms with Crippen LogP contribution in [0.2, 0.25) is 0 Å². The van der Waals surface area contributed by atoms with Gasteiger partial charge in [-0.25, -0.2) is 9.59 Å². The predicted octanol–water partition coefficient (Wildman–Crippen LogP) is 5.86. The number of hydrogen-bond acceptors (Lipinski definition) is 10. The van der Waals surface area contributed by atoms with Crippen molar-refractivity contribution in [2.24, 2.45) is 23.2 Å². The van der Waals surface area contributed by atoms with E-state index >= 15 is 0 Å². The highest BCUT2D eigenvalue weighted by molar-refractivity contribution is 5.91. The Morgan fingerprint density at radius 1 is 0.872 bits per heavy atom. The van der Waals surface area contributed by atoms with E-state index in [9.17, 15) is 24.0 Å². The second-order valence-electron chi connectivity index (χ2n) is 13.1. The van der Waals surface area contributed by atoms with Crippen LogP contribution in [0, 0.1) is 23.2 Å². The molecule has 250 valence electrons. The van der Waals surface area contributed by atoms with Gasteiger partial charge >= 0.3 is 23.9 Å². The summed E-state index contributed by atoms with van der Waals surface area (Å²) in [6, 6.07) is 11.7. The molecule has 1 saturated carbocycles. The molecule has 7 atom stereocenters. The van der Waals surface area contributed by atoms with Crippen molar-refractivity contribution < 1.29 is 42.9 Å². The van der Waals surface area contributed by atoms with Gasteiger partial charge in [0.05, 0.1) is 17.0 Å². The summed E-state index contributed by atoms with van der Waals surface area (Å²) in [7, 11) is 0. The number of ketones is 1. The molecule has 1 heterocycles. The summed E-state index contributed by atoms with van der Waals surface area (Å²) in [6.07, 6.45) is 5.29. The fraction of sp³-hybridized carbons (Fsp3) is 0.459. The fourth-order valence-corrected chi connectivity index (χ4v) is 6.54. The van der Waals surface area contributed by atoms with Gasteiger partial charge in [0.15, 0.2) is 5.60 Å². The number of aromatic nitrogens is 1. The molecule has 0 radical (unpaired) electrons. The van der Waals surface area contributed by atoms with Gasteiger partial charge in [-0.3, -0.25) is 19.4 Å². The second kappa shape index (κ2) is 14.4. The van der Waals surface area contributed by atoms with Crippen LogP contribution in [0.25, 0.3) is 0 Å². The Hall–Kier alpha value is -4.60. The van der Waals surface area contributed by atoms with Crippen molar-refractivity contribution in [2.75, 3.05) is 0 Å². The predicted molar refractivity (Wildman–Crippen MR) is 172 cm³/mol. The Kier molecular flexibility index (Phi) is 10.8. The number of carbonyl (C=O) groups is 5. The first-order valence-electron chi connectivity index (χ1n) is 15.8. The normalized spacial score (nSPS) is 28.8. The Labute approximate surface area is 275 Å². The number of nitrogens with zero attached hydrogens (tertiary/aromatic N) is 1. The number of hydrogen-bond donors (Lipinski definition) is 0. The van der Waals surface area contributed by atoms with Crippen LogP contribution in [0.1, 0.15) is 82.0 Å². The summed E-state index contributed by atoms with van der Waals surface area (Å²) in [6.45, 7) is 11.5.